The number of hydrogen-bond donors (Lipinski definition) is 1. The number of nitrogens with zero attached hydrogens (tertiary/aromatic N) is 1. The molecule has 2 fully saturated rings. The van der Waals surface area contributed by atoms with Gasteiger partial charge in [0.2, 0.25) is 5.91 Å². The molecule has 0 saturated heterocycles. The summed E-state index contributed by atoms with van der Waals surface area (Å²) in [5, 5.41) is 8.59. The topological polar surface area (TPSA) is 49.8 Å². The van der Waals surface area contributed by atoms with E-state index in [1.165, 1.54) is 25.7 Å². The predicted molar refractivity (Wildman–Crippen MR) is 64.5 cm³/mol. The minimum Gasteiger partial charge on any atom is -0.394 e. The molecule has 1 N–H and O–H groups in total. The van der Waals surface area contributed by atoms with Crippen molar-refractivity contribution in [1.82, 2.24) is 4.90 Å². The SMILES string of the molecule is CN(CCOCCO)C(=O)C(C1CC1)C1CC1. The molecular formula is C13H23NO3. The molecule has 2 aliphatic rings. The van der Waals surface area contributed by atoms with Crippen LogP contribution in [0.4, 0.5) is 0 Å². The minimum absolute atomic E-state index is 0.0461. The molecule has 0 spiro atoms. The van der Waals surface area contributed by atoms with E-state index in [9.17, 15) is 4.79 Å². The van der Waals surface area contributed by atoms with Gasteiger partial charge in [-0.15, -0.1) is 0 Å². The van der Waals surface area contributed by atoms with Crippen LogP contribution in [-0.4, -0.2) is 49.3 Å². The van der Waals surface area contributed by atoms with Crippen molar-refractivity contribution in [2.24, 2.45) is 17.8 Å². The lowest BCUT2D eigenvalue weighted by Gasteiger charge is -2.23. The Hall–Kier alpha value is -0.610. The number of aliphatic hydroxyl groups is 1. The Morgan fingerprint density at radius 1 is 1.29 bits per heavy atom. The monoisotopic (exact) mass is 241 g/mol. The molecule has 1 amide bonds. The number of ether oxygens (including phenoxy) is 1. The van der Waals surface area contributed by atoms with Crippen LogP contribution in [0.25, 0.3) is 0 Å². The molecule has 0 radical (unpaired) electrons. The molecule has 2 rings (SSSR count). The maximum Gasteiger partial charge on any atom is 0.226 e. The number of rotatable bonds is 8. The van der Waals surface area contributed by atoms with Crippen LogP contribution in [0.15, 0.2) is 0 Å². The molecular weight excluding hydrogens is 218 g/mol. The Bertz CT molecular complexity index is 249. The molecule has 4 heteroatoms. The Labute approximate surface area is 103 Å². The van der Waals surface area contributed by atoms with Gasteiger partial charge < -0.3 is 14.7 Å². The van der Waals surface area contributed by atoms with Gasteiger partial charge in [-0.1, -0.05) is 0 Å². The fraction of sp³-hybridized carbons (Fsp3) is 0.923. The van der Waals surface area contributed by atoms with Crippen molar-refractivity contribution in [3.05, 3.63) is 0 Å². The highest BCUT2D eigenvalue weighted by atomic mass is 16.5. The fourth-order valence-electron chi connectivity index (χ4n) is 2.43. The Kier molecular flexibility index (Phi) is 4.40. The van der Waals surface area contributed by atoms with Gasteiger partial charge in [0.1, 0.15) is 0 Å². The third kappa shape index (κ3) is 3.68. The summed E-state index contributed by atoms with van der Waals surface area (Å²) in [7, 11) is 1.86. The summed E-state index contributed by atoms with van der Waals surface area (Å²) >= 11 is 0. The Balaban J connectivity index is 1.72. The lowest BCUT2D eigenvalue weighted by Crippen LogP contribution is -2.37. The zero-order chi connectivity index (χ0) is 12.3. The summed E-state index contributed by atoms with van der Waals surface area (Å²) in [5.41, 5.74) is 0. The van der Waals surface area contributed by atoms with E-state index in [0.29, 0.717) is 37.5 Å². The molecule has 0 atom stereocenters. The number of carbonyl (C=O) groups is 1. The van der Waals surface area contributed by atoms with Crippen molar-refractivity contribution in [2.75, 3.05) is 33.4 Å². The summed E-state index contributed by atoms with van der Waals surface area (Å²) in [5.74, 6) is 1.92. The molecule has 17 heavy (non-hydrogen) atoms. The van der Waals surface area contributed by atoms with Crippen LogP contribution in [0.1, 0.15) is 25.7 Å². The highest BCUT2D eigenvalue weighted by Crippen LogP contribution is 2.49. The lowest BCUT2D eigenvalue weighted by atomic mass is 9.96. The summed E-state index contributed by atoms with van der Waals surface area (Å²) in [6.07, 6.45) is 4.95. The predicted octanol–water partition coefficient (Wildman–Crippen LogP) is 0.890. The summed E-state index contributed by atoms with van der Waals surface area (Å²) in [4.78, 5) is 14.1. The van der Waals surface area contributed by atoms with Crippen LogP contribution in [0.2, 0.25) is 0 Å². The van der Waals surface area contributed by atoms with Crippen LogP contribution in [0.3, 0.4) is 0 Å². The first-order valence-electron chi connectivity index (χ1n) is 6.67. The van der Waals surface area contributed by atoms with Gasteiger partial charge >= 0.3 is 0 Å². The zero-order valence-electron chi connectivity index (χ0n) is 10.6. The maximum absolute atomic E-state index is 12.3. The quantitative estimate of drug-likeness (QED) is 0.642. The highest BCUT2D eigenvalue weighted by molar-refractivity contribution is 5.80. The van der Waals surface area contributed by atoms with Gasteiger partial charge in [-0.05, 0) is 37.5 Å². The normalized spacial score (nSPS) is 19.7. The molecule has 0 aromatic heterocycles. The van der Waals surface area contributed by atoms with Crippen LogP contribution in [0.5, 0.6) is 0 Å². The van der Waals surface area contributed by atoms with Crippen molar-refractivity contribution >= 4 is 5.91 Å². The van der Waals surface area contributed by atoms with Gasteiger partial charge in [-0.3, -0.25) is 4.79 Å². The summed E-state index contributed by atoms with van der Waals surface area (Å²) in [6.45, 7) is 1.56. The smallest absolute Gasteiger partial charge is 0.226 e. The minimum atomic E-state index is 0.0461. The van der Waals surface area contributed by atoms with Gasteiger partial charge in [-0.2, -0.15) is 0 Å². The van der Waals surface area contributed by atoms with E-state index in [2.05, 4.69) is 0 Å². The third-order valence-corrected chi connectivity index (χ3v) is 3.73. The first kappa shape index (κ1) is 12.8. The van der Waals surface area contributed by atoms with Crippen molar-refractivity contribution in [2.45, 2.75) is 25.7 Å². The molecule has 0 heterocycles. The van der Waals surface area contributed by atoms with E-state index in [0.717, 1.165) is 0 Å². The van der Waals surface area contributed by atoms with E-state index in [-0.39, 0.29) is 12.5 Å². The molecule has 0 aromatic carbocycles. The van der Waals surface area contributed by atoms with E-state index < -0.39 is 0 Å². The van der Waals surface area contributed by atoms with Crippen molar-refractivity contribution in [1.29, 1.82) is 0 Å². The largest absolute Gasteiger partial charge is 0.394 e. The lowest BCUT2D eigenvalue weighted by molar-refractivity contribution is -0.136. The second-order valence-corrected chi connectivity index (χ2v) is 5.30. The van der Waals surface area contributed by atoms with E-state index >= 15 is 0 Å². The summed E-state index contributed by atoms with van der Waals surface area (Å²) < 4.78 is 5.19. The van der Waals surface area contributed by atoms with Gasteiger partial charge in [0.05, 0.1) is 19.8 Å². The van der Waals surface area contributed by atoms with Gasteiger partial charge in [0, 0.05) is 19.5 Å². The molecule has 0 aromatic rings. The van der Waals surface area contributed by atoms with Gasteiger partial charge in [-0.25, -0.2) is 0 Å². The number of aliphatic hydroxyl groups excluding tert-OH is 1. The molecule has 2 saturated carbocycles. The molecule has 0 aliphatic heterocycles. The average Bonchev–Trinajstić information content (AvgIpc) is 3.16. The first-order valence-corrected chi connectivity index (χ1v) is 6.67. The number of hydrogen-bond acceptors (Lipinski definition) is 3. The third-order valence-electron chi connectivity index (χ3n) is 3.73. The van der Waals surface area contributed by atoms with Crippen LogP contribution >= 0.6 is 0 Å². The van der Waals surface area contributed by atoms with E-state index in [1.54, 1.807) is 4.90 Å². The van der Waals surface area contributed by atoms with Crippen LogP contribution < -0.4 is 0 Å². The standard InChI is InChI=1S/C13H23NO3/c1-14(6-8-17-9-7-15)13(16)12(10-2-3-10)11-4-5-11/h10-12,15H,2-9H2,1H3. The van der Waals surface area contributed by atoms with Crippen LogP contribution in [0, 0.1) is 17.8 Å². The number of likely N-dealkylation sites (N-methyl/N-ethyl adjacent to an activating group) is 1. The highest BCUT2D eigenvalue weighted by Gasteiger charge is 2.46. The number of amides is 1. The van der Waals surface area contributed by atoms with E-state index in [4.69, 9.17) is 9.84 Å². The molecule has 4 nitrogen and oxygen atoms in total. The molecule has 98 valence electrons. The molecule has 0 unspecified atom stereocenters. The van der Waals surface area contributed by atoms with Gasteiger partial charge in [0.15, 0.2) is 0 Å². The molecule has 0 bridgehead atoms. The second-order valence-electron chi connectivity index (χ2n) is 5.30. The number of carbonyl (C=O) groups excluding carboxylic acids is 1. The van der Waals surface area contributed by atoms with Crippen molar-refractivity contribution in [3.63, 3.8) is 0 Å². The zero-order valence-corrected chi connectivity index (χ0v) is 10.6. The first-order chi connectivity index (χ1) is 8.24. The summed E-state index contributed by atoms with van der Waals surface area (Å²) in [6, 6.07) is 0. The van der Waals surface area contributed by atoms with Crippen molar-refractivity contribution in [3.8, 4) is 0 Å². The Morgan fingerprint density at radius 2 is 1.88 bits per heavy atom. The van der Waals surface area contributed by atoms with Crippen LogP contribution in [-0.2, 0) is 9.53 Å². The second kappa shape index (κ2) is 5.83. The fourth-order valence-corrected chi connectivity index (χ4v) is 2.43. The van der Waals surface area contributed by atoms with Gasteiger partial charge in [0.25, 0.3) is 0 Å². The maximum atomic E-state index is 12.3. The van der Waals surface area contributed by atoms with Crippen molar-refractivity contribution < 1.29 is 14.6 Å². The molecule has 2 aliphatic carbocycles. The van der Waals surface area contributed by atoms with E-state index in [1.807, 2.05) is 7.05 Å². The average molecular weight is 241 g/mol. The Morgan fingerprint density at radius 3 is 2.35 bits per heavy atom.